The van der Waals surface area contributed by atoms with Gasteiger partial charge in [0.25, 0.3) is 0 Å². The Labute approximate surface area is 70.9 Å². The van der Waals surface area contributed by atoms with Gasteiger partial charge in [0.1, 0.15) is 5.41 Å². The molecule has 4 nitrogen and oxygen atoms in total. The summed E-state index contributed by atoms with van der Waals surface area (Å²) in [6, 6.07) is 0.128. The molecular formula is C8H13NO3. The largest absolute Gasteiger partial charge is 0.481 e. The molecule has 0 bridgehead atoms. The van der Waals surface area contributed by atoms with Crippen molar-refractivity contribution in [2.45, 2.75) is 18.9 Å². The summed E-state index contributed by atoms with van der Waals surface area (Å²) >= 11 is 0. The number of hydrogen-bond donors (Lipinski definition) is 2. The number of rotatable bonds is 1. The predicted molar refractivity (Wildman–Crippen MR) is 41.9 cm³/mol. The number of hydrogen-bond acceptors (Lipinski definition) is 3. The highest BCUT2D eigenvalue weighted by atomic mass is 16.5. The van der Waals surface area contributed by atoms with Crippen molar-refractivity contribution in [2.75, 3.05) is 19.8 Å². The van der Waals surface area contributed by atoms with E-state index in [-0.39, 0.29) is 6.04 Å². The highest BCUT2D eigenvalue weighted by Gasteiger charge is 2.51. The van der Waals surface area contributed by atoms with Gasteiger partial charge in [-0.2, -0.15) is 0 Å². The van der Waals surface area contributed by atoms with Gasteiger partial charge in [-0.3, -0.25) is 4.79 Å². The fourth-order valence-corrected chi connectivity index (χ4v) is 2.16. The van der Waals surface area contributed by atoms with Crippen LogP contribution in [0.25, 0.3) is 0 Å². The van der Waals surface area contributed by atoms with Gasteiger partial charge < -0.3 is 15.2 Å². The van der Waals surface area contributed by atoms with Crippen LogP contribution in [0.3, 0.4) is 0 Å². The normalized spacial score (nSPS) is 40.8. The van der Waals surface area contributed by atoms with Gasteiger partial charge in [-0.15, -0.1) is 0 Å². The summed E-state index contributed by atoms with van der Waals surface area (Å²) in [5, 5.41) is 12.3. The molecule has 2 saturated heterocycles. The van der Waals surface area contributed by atoms with E-state index in [0.717, 1.165) is 13.0 Å². The minimum atomic E-state index is -0.711. The van der Waals surface area contributed by atoms with E-state index in [0.29, 0.717) is 19.6 Å². The van der Waals surface area contributed by atoms with Crippen molar-refractivity contribution in [2.24, 2.45) is 5.41 Å². The predicted octanol–water partition coefficient (Wildman–Crippen LogP) is -0.160. The second-order valence-corrected chi connectivity index (χ2v) is 3.56. The highest BCUT2D eigenvalue weighted by molar-refractivity contribution is 5.76. The molecule has 2 N–H and O–H groups in total. The second-order valence-electron chi connectivity index (χ2n) is 3.56. The van der Waals surface area contributed by atoms with Crippen molar-refractivity contribution in [3.8, 4) is 0 Å². The van der Waals surface area contributed by atoms with Crippen molar-refractivity contribution in [1.29, 1.82) is 0 Å². The average molecular weight is 171 g/mol. The zero-order valence-corrected chi connectivity index (χ0v) is 6.88. The molecule has 0 aliphatic carbocycles. The number of carbonyl (C=O) groups is 1. The summed E-state index contributed by atoms with van der Waals surface area (Å²) < 4.78 is 5.23. The third-order valence-corrected chi connectivity index (χ3v) is 2.97. The van der Waals surface area contributed by atoms with Crippen LogP contribution < -0.4 is 5.32 Å². The maximum absolute atomic E-state index is 11.0. The topological polar surface area (TPSA) is 58.6 Å². The number of carboxylic acids is 1. The van der Waals surface area contributed by atoms with E-state index in [9.17, 15) is 4.79 Å². The fourth-order valence-electron chi connectivity index (χ4n) is 2.16. The van der Waals surface area contributed by atoms with Crippen molar-refractivity contribution >= 4 is 5.97 Å². The number of fused-ring (bicyclic) bond motifs is 1. The molecule has 2 unspecified atom stereocenters. The molecule has 2 aliphatic heterocycles. The van der Waals surface area contributed by atoms with Crippen LogP contribution in [0.5, 0.6) is 0 Å². The minimum absolute atomic E-state index is 0.128. The quantitative estimate of drug-likeness (QED) is 0.575. The van der Waals surface area contributed by atoms with Crippen molar-refractivity contribution < 1.29 is 14.6 Å². The second kappa shape index (κ2) is 2.71. The molecule has 0 radical (unpaired) electrons. The Bertz CT molecular complexity index is 206. The van der Waals surface area contributed by atoms with E-state index >= 15 is 0 Å². The summed E-state index contributed by atoms with van der Waals surface area (Å²) in [6.45, 7) is 1.87. The molecule has 12 heavy (non-hydrogen) atoms. The van der Waals surface area contributed by atoms with Crippen LogP contribution >= 0.6 is 0 Å². The SMILES string of the molecule is O=C(O)C12CCNC1CCOC2. The van der Waals surface area contributed by atoms with Gasteiger partial charge in [0.15, 0.2) is 0 Å². The zero-order valence-electron chi connectivity index (χ0n) is 6.88. The van der Waals surface area contributed by atoms with Crippen LogP contribution in [0.2, 0.25) is 0 Å². The van der Waals surface area contributed by atoms with E-state index in [4.69, 9.17) is 9.84 Å². The van der Waals surface area contributed by atoms with Crippen LogP contribution in [0.4, 0.5) is 0 Å². The van der Waals surface area contributed by atoms with Gasteiger partial charge in [-0.25, -0.2) is 0 Å². The molecule has 0 aromatic carbocycles. The monoisotopic (exact) mass is 171 g/mol. The Morgan fingerprint density at radius 3 is 3.17 bits per heavy atom. The lowest BCUT2D eigenvalue weighted by atomic mass is 9.78. The van der Waals surface area contributed by atoms with E-state index in [1.807, 2.05) is 0 Å². The molecule has 4 heteroatoms. The maximum Gasteiger partial charge on any atom is 0.313 e. The van der Waals surface area contributed by atoms with E-state index in [1.165, 1.54) is 0 Å². The van der Waals surface area contributed by atoms with Gasteiger partial charge in [0, 0.05) is 12.6 Å². The number of carboxylic acid groups (broad SMARTS) is 1. The van der Waals surface area contributed by atoms with Gasteiger partial charge >= 0.3 is 5.97 Å². The summed E-state index contributed by atoms with van der Waals surface area (Å²) in [6.07, 6.45) is 1.53. The van der Waals surface area contributed by atoms with Crippen LogP contribution in [0.15, 0.2) is 0 Å². The molecule has 0 spiro atoms. The lowest BCUT2D eigenvalue weighted by Crippen LogP contribution is -2.49. The molecule has 0 amide bonds. The minimum Gasteiger partial charge on any atom is -0.481 e. The average Bonchev–Trinajstić information content (AvgIpc) is 2.48. The third-order valence-electron chi connectivity index (χ3n) is 2.97. The molecule has 0 aromatic rings. The van der Waals surface area contributed by atoms with E-state index < -0.39 is 11.4 Å². The lowest BCUT2D eigenvalue weighted by Gasteiger charge is -2.34. The standard InChI is InChI=1S/C8H13NO3/c10-7(11)8-2-3-9-6(8)1-4-12-5-8/h6,9H,1-5H2,(H,10,11). The fraction of sp³-hybridized carbons (Fsp3) is 0.875. The molecule has 0 saturated carbocycles. The molecular weight excluding hydrogens is 158 g/mol. The lowest BCUT2D eigenvalue weighted by molar-refractivity contribution is -0.157. The van der Waals surface area contributed by atoms with Gasteiger partial charge in [-0.1, -0.05) is 0 Å². The third kappa shape index (κ3) is 0.949. The van der Waals surface area contributed by atoms with Gasteiger partial charge in [-0.05, 0) is 19.4 Å². The van der Waals surface area contributed by atoms with Crippen molar-refractivity contribution in [3.05, 3.63) is 0 Å². The van der Waals surface area contributed by atoms with Crippen molar-refractivity contribution in [3.63, 3.8) is 0 Å². The van der Waals surface area contributed by atoms with Crippen LogP contribution in [0, 0.1) is 5.41 Å². The molecule has 2 rings (SSSR count). The number of aliphatic carboxylic acids is 1. The maximum atomic E-state index is 11.0. The van der Waals surface area contributed by atoms with Crippen LogP contribution in [-0.2, 0) is 9.53 Å². The van der Waals surface area contributed by atoms with Crippen molar-refractivity contribution in [1.82, 2.24) is 5.32 Å². The first-order chi connectivity index (χ1) is 5.76. The summed E-state index contributed by atoms with van der Waals surface area (Å²) in [7, 11) is 0. The Kier molecular flexibility index (Phi) is 1.81. The van der Waals surface area contributed by atoms with Crippen LogP contribution in [-0.4, -0.2) is 36.9 Å². The first-order valence-electron chi connectivity index (χ1n) is 4.30. The first-order valence-corrected chi connectivity index (χ1v) is 4.30. The molecule has 2 atom stereocenters. The van der Waals surface area contributed by atoms with Crippen LogP contribution in [0.1, 0.15) is 12.8 Å². The van der Waals surface area contributed by atoms with Gasteiger partial charge in [0.2, 0.25) is 0 Å². The molecule has 0 aromatic heterocycles. The van der Waals surface area contributed by atoms with E-state index in [1.54, 1.807) is 0 Å². The summed E-state index contributed by atoms with van der Waals surface area (Å²) in [4.78, 5) is 11.0. The summed E-state index contributed by atoms with van der Waals surface area (Å²) in [5.74, 6) is -0.711. The van der Waals surface area contributed by atoms with Gasteiger partial charge in [0.05, 0.1) is 6.61 Å². The molecule has 2 aliphatic rings. The Morgan fingerprint density at radius 2 is 2.50 bits per heavy atom. The Balaban J connectivity index is 2.23. The molecule has 2 heterocycles. The zero-order chi connectivity index (χ0) is 8.60. The number of nitrogens with one attached hydrogen (secondary N) is 1. The summed E-state index contributed by atoms with van der Waals surface area (Å²) in [5.41, 5.74) is -0.627. The highest BCUT2D eigenvalue weighted by Crippen LogP contribution is 2.36. The number of ether oxygens (including phenoxy) is 1. The molecule has 2 fully saturated rings. The Hall–Kier alpha value is -0.610. The Morgan fingerprint density at radius 1 is 1.67 bits per heavy atom. The van der Waals surface area contributed by atoms with E-state index in [2.05, 4.69) is 5.32 Å². The smallest absolute Gasteiger partial charge is 0.313 e. The molecule has 68 valence electrons. The first kappa shape index (κ1) is 8.01.